The summed E-state index contributed by atoms with van der Waals surface area (Å²) in [6.45, 7) is 10.2. The number of carbonyl (C=O) groups excluding carboxylic acids is 3. The lowest BCUT2D eigenvalue weighted by atomic mass is 9.88. The molecule has 4 rings (SSSR count). The summed E-state index contributed by atoms with van der Waals surface area (Å²) in [5.41, 5.74) is 0.733. The van der Waals surface area contributed by atoms with Crippen LogP contribution in [0.15, 0.2) is 48.6 Å². The molecule has 1 heterocycles. The second kappa shape index (κ2) is 8.11. The molecule has 0 spiro atoms. The summed E-state index contributed by atoms with van der Waals surface area (Å²) in [6, 6.07) is 5.91. The molecular formula is C22H24O7. The maximum atomic E-state index is 11.5. The summed E-state index contributed by atoms with van der Waals surface area (Å²) < 4.78 is 15.5. The quantitative estimate of drug-likeness (QED) is 0.471. The molecule has 1 aromatic rings. The molecule has 2 saturated carbocycles. The third-order valence-electron chi connectivity index (χ3n) is 5.40. The van der Waals surface area contributed by atoms with Crippen LogP contribution in [-0.4, -0.2) is 35.2 Å². The number of aromatic hydroxyl groups is 1. The molecule has 2 bridgehead atoms. The van der Waals surface area contributed by atoms with E-state index in [9.17, 15) is 14.4 Å². The number of hydrogen-bond donors (Lipinski definition) is 1. The van der Waals surface area contributed by atoms with E-state index in [4.69, 9.17) is 19.3 Å². The molecule has 1 aliphatic heterocycles. The predicted octanol–water partition coefficient (Wildman–Crippen LogP) is 2.93. The molecule has 3 aliphatic rings. The maximum Gasteiger partial charge on any atom is 0.338 e. The molecule has 0 radical (unpaired) electrons. The monoisotopic (exact) mass is 400 g/mol. The largest absolute Gasteiger partial charge is 0.508 e. The minimum Gasteiger partial charge on any atom is -0.508 e. The first-order valence-corrected chi connectivity index (χ1v) is 9.41. The summed E-state index contributed by atoms with van der Waals surface area (Å²) >= 11 is 0. The van der Waals surface area contributed by atoms with Gasteiger partial charge in [0.1, 0.15) is 23.7 Å². The summed E-state index contributed by atoms with van der Waals surface area (Å²) in [5.74, 6) is 0.222. The predicted molar refractivity (Wildman–Crippen MR) is 103 cm³/mol. The molecule has 2 aliphatic carbocycles. The van der Waals surface area contributed by atoms with Crippen molar-refractivity contribution >= 4 is 17.9 Å². The minimum atomic E-state index is -0.467. The lowest BCUT2D eigenvalue weighted by Crippen LogP contribution is -2.36. The number of benzene rings is 1. The average Bonchev–Trinajstić information content (AvgIpc) is 3.29. The summed E-state index contributed by atoms with van der Waals surface area (Å²) in [4.78, 5) is 34.0. The molecule has 29 heavy (non-hydrogen) atoms. The van der Waals surface area contributed by atoms with E-state index < -0.39 is 5.97 Å². The normalized spacial score (nSPS) is 28.1. The fourth-order valence-electron chi connectivity index (χ4n) is 4.00. The Morgan fingerprint density at radius 1 is 1.07 bits per heavy atom. The molecule has 0 aromatic heterocycles. The van der Waals surface area contributed by atoms with Gasteiger partial charge in [0.15, 0.2) is 0 Å². The Morgan fingerprint density at radius 3 is 2.28 bits per heavy atom. The second-order valence-electron chi connectivity index (χ2n) is 7.72. The highest BCUT2D eigenvalue weighted by Gasteiger charge is 2.63. The van der Waals surface area contributed by atoms with Crippen LogP contribution in [0, 0.1) is 17.8 Å². The second-order valence-corrected chi connectivity index (χ2v) is 7.72. The molecule has 7 heteroatoms. The Morgan fingerprint density at radius 2 is 1.69 bits per heavy atom. The number of ether oxygens (including phenoxy) is 3. The van der Waals surface area contributed by atoms with Gasteiger partial charge in [-0.2, -0.15) is 0 Å². The number of esters is 3. The van der Waals surface area contributed by atoms with E-state index in [-0.39, 0.29) is 41.7 Å². The summed E-state index contributed by atoms with van der Waals surface area (Å²) in [6.07, 6.45) is 1.33. The first-order chi connectivity index (χ1) is 13.7. The highest BCUT2D eigenvalue weighted by atomic mass is 16.6. The smallest absolute Gasteiger partial charge is 0.338 e. The topological polar surface area (TPSA) is 99.1 Å². The van der Waals surface area contributed by atoms with Crippen LogP contribution in [0.2, 0.25) is 0 Å². The van der Waals surface area contributed by atoms with Gasteiger partial charge >= 0.3 is 17.9 Å². The zero-order valence-electron chi connectivity index (χ0n) is 16.4. The van der Waals surface area contributed by atoms with Crippen LogP contribution < -0.4 is 4.74 Å². The number of phenolic OH excluding ortho intramolecular Hbond substituents is 1. The van der Waals surface area contributed by atoms with Crippen LogP contribution in [0.5, 0.6) is 11.5 Å². The van der Waals surface area contributed by atoms with Gasteiger partial charge in [-0.1, -0.05) is 13.2 Å². The Bertz CT molecular complexity index is 854. The zero-order valence-corrected chi connectivity index (χ0v) is 16.4. The molecular weight excluding hydrogens is 376 g/mol. The number of rotatable bonds is 4. The van der Waals surface area contributed by atoms with Crippen molar-refractivity contribution in [3.63, 3.8) is 0 Å². The van der Waals surface area contributed by atoms with Gasteiger partial charge in [-0.25, -0.2) is 9.59 Å². The summed E-state index contributed by atoms with van der Waals surface area (Å²) in [5, 5.41) is 8.94. The molecule has 1 N–H and O–H groups in total. The molecule has 1 aromatic carbocycles. The Balaban J connectivity index is 0.000000170. The SMILES string of the molecule is C=C(C)C(=O)OC1C2CC3C(=O)OC1C3C2.C=C(C)C(=O)Oc1ccc(O)cc1. The minimum absolute atomic E-state index is 0.0646. The maximum absolute atomic E-state index is 11.5. The van der Waals surface area contributed by atoms with Crippen LogP contribution in [0.1, 0.15) is 26.7 Å². The molecule has 3 fully saturated rings. The van der Waals surface area contributed by atoms with E-state index in [2.05, 4.69) is 13.2 Å². The average molecular weight is 400 g/mol. The first kappa shape index (κ1) is 20.6. The fraction of sp³-hybridized carbons (Fsp3) is 0.409. The van der Waals surface area contributed by atoms with Crippen LogP contribution in [0.25, 0.3) is 0 Å². The Labute approximate surface area is 168 Å². The van der Waals surface area contributed by atoms with Crippen molar-refractivity contribution in [1.82, 2.24) is 0 Å². The molecule has 1 saturated heterocycles. The van der Waals surface area contributed by atoms with Crippen molar-refractivity contribution in [2.75, 3.05) is 0 Å². The van der Waals surface area contributed by atoms with Crippen LogP contribution >= 0.6 is 0 Å². The van der Waals surface area contributed by atoms with Crippen molar-refractivity contribution in [3.8, 4) is 11.5 Å². The van der Waals surface area contributed by atoms with Gasteiger partial charge in [0.25, 0.3) is 0 Å². The molecule has 0 amide bonds. The molecule has 5 unspecified atom stereocenters. The van der Waals surface area contributed by atoms with Gasteiger partial charge < -0.3 is 19.3 Å². The van der Waals surface area contributed by atoms with E-state index >= 15 is 0 Å². The van der Waals surface area contributed by atoms with Crippen LogP contribution in [-0.2, 0) is 23.9 Å². The molecule has 5 atom stereocenters. The van der Waals surface area contributed by atoms with Gasteiger partial charge in [-0.3, -0.25) is 4.79 Å². The van der Waals surface area contributed by atoms with Gasteiger partial charge in [0.2, 0.25) is 0 Å². The molecule has 154 valence electrons. The van der Waals surface area contributed by atoms with Gasteiger partial charge in [0.05, 0.1) is 5.92 Å². The summed E-state index contributed by atoms with van der Waals surface area (Å²) in [7, 11) is 0. The van der Waals surface area contributed by atoms with E-state index in [0.29, 0.717) is 22.8 Å². The number of carbonyl (C=O) groups is 3. The third kappa shape index (κ3) is 4.34. The van der Waals surface area contributed by atoms with Crippen molar-refractivity contribution in [2.24, 2.45) is 17.8 Å². The molecule has 7 nitrogen and oxygen atoms in total. The van der Waals surface area contributed by atoms with E-state index in [1.54, 1.807) is 13.8 Å². The van der Waals surface area contributed by atoms with E-state index in [1.807, 2.05) is 0 Å². The van der Waals surface area contributed by atoms with Gasteiger partial charge in [0, 0.05) is 23.0 Å². The number of phenols is 1. The third-order valence-corrected chi connectivity index (χ3v) is 5.40. The first-order valence-electron chi connectivity index (χ1n) is 9.41. The van der Waals surface area contributed by atoms with Crippen molar-refractivity contribution in [3.05, 3.63) is 48.6 Å². The van der Waals surface area contributed by atoms with E-state index in [1.165, 1.54) is 24.3 Å². The zero-order chi connectivity index (χ0) is 21.3. The Kier molecular flexibility index (Phi) is 5.77. The number of fused-ring (bicyclic) bond motifs is 1. The van der Waals surface area contributed by atoms with Crippen LogP contribution in [0.4, 0.5) is 0 Å². The fourth-order valence-corrected chi connectivity index (χ4v) is 4.00. The van der Waals surface area contributed by atoms with Crippen molar-refractivity contribution < 1.29 is 33.7 Å². The van der Waals surface area contributed by atoms with Crippen molar-refractivity contribution in [1.29, 1.82) is 0 Å². The standard InChI is InChI=1S/C12H14O4.C10H10O3/c1-5(2)11(13)15-9-6-3-7-8(4-6)12(14)16-10(7)9;1-7(2)10(12)13-9-5-3-8(11)4-6-9/h6-10H,1,3-4H2,2H3;3-6,11H,1H2,2H3. The highest BCUT2D eigenvalue weighted by molar-refractivity contribution is 5.88. The number of hydrogen-bond acceptors (Lipinski definition) is 7. The van der Waals surface area contributed by atoms with Gasteiger partial charge in [-0.15, -0.1) is 0 Å². The van der Waals surface area contributed by atoms with Crippen LogP contribution in [0.3, 0.4) is 0 Å². The highest BCUT2D eigenvalue weighted by Crippen LogP contribution is 2.55. The van der Waals surface area contributed by atoms with Crippen molar-refractivity contribution in [2.45, 2.75) is 38.9 Å². The lowest BCUT2D eigenvalue weighted by molar-refractivity contribution is -0.158. The van der Waals surface area contributed by atoms with Gasteiger partial charge in [-0.05, 0) is 51.0 Å². The van der Waals surface area contributed by atoms with E-state index in [0.717, 1.165) is 12.8 Å². The lowest BCUT2D eigenvalue weighted by Gasteiger charge is -2.25. The Hall–Kier alpha value is -3.09.